The lowest BCUT2D eigenvalue weighted by molar-refractivity contribution is -0.120. The second kappa shape index (κ2) is 7.62. The van der Waals surface area contributed by atoms with Gasteiger partial charge in [-0.05, 0) is 44.8 Å². The molecule has 0 saturated carbocycles. The van der Waals surface area contributed by atoms with Crippen LogP contribution in [0, 0.1) is 0 Å². The van der Waals surface area contributed by atoms with Crippen LogP contribution in [0.1, 0.15) is 12.0 Å². The van der Waals surface area contributed by atoms with Gasteiger partial charge in [0, 0.05) is 16.6 Å². The Morgan fingerprint density at radius 3 is 2.44 bits per heavy atom. The molecule has 0 aliphatic rings. The van der Waals surface area contributed by atoms with Gasteiger partial charge in [-0.15, -0.1) is 0 Å². The van der Waals surface area contributed by atoms with Crippen LogP contribution in [0.15, 0.2) is 18.2 Å². The lowest BCUT2D eigenvalue weighted by atomic mass is 10.1. The molecule has 5 heteroatoms. The molecule has 18 heavy (non-hydrogen) atoms. The van der Waals surface area contributed by atoms with E-state index in [9.17, 15) is 4.79 Å². The van der Waals surface area contributed by atoms with E-state index in [0.717, 1.165) is 13.0 Å². The van der Waals surface area contributed by atoms with Crippen LogP contribution in [0.2, 0.25) is 10.0 Å². The molecule has 1 aromatic rings. The third kappa shape index (κ3) is 5.25. The smallest absolute Gasteiger partial charge is 0.224 e. The van der Waals surface area contributed by atoms with Gasteiger partial charge in [0.1, 0.15) is 0 Å². The summed E-state index contributed by atoms with van der Waals surface area (Å²) in [7, 11) is 4.01. The summed E-state index contributed by atoms with van der Waals surface area (Å²) in [6.07, 6.45) is 1.15. The van der Waals surface area contributed by atoms with E-state index in [2.05, 4.69) is 10.2 Å². The van der Waals surface area contributed by atoms with E-state index in [-0.39, 0.29) is 12.3 Å². The molecule has 0 aliphatic carbocycles. The summed E-state index contributed by atoms with van der Waals surface area (Å²) >= 11 is 12.0. The van der Waals surface area contributed by atoms with Gasteiger partial charge >= 0.3 is 0 Å². The molecule has 0 radical (unpaired) electrons. The maximum atomic E-state index is 11.7. The highest BCUT2D eigenvalue weighted by Crippen LogP contribution is 2.24. The number of carbonyl (C=O) groups excluding carboxylic acids is 1. The molecule has 0 saturated heterocycles. The number of hydrogen-bond acceptors (Lipinski definition) is 2. The molecular weight excluding hydrogens is 271 g/mol. The molecule has 1 amide bonds. The van der Waals surface area contributed by atoms with Crippen LogP contribution >= 0.6 is 23.2 Å². The van der Waals surface area contributed by atoms with Crippen molar-refractivity contribution in [3.05, 3.63) is 33.8 Å². The maximum absolute atomic E-state index is 11.7. The van der Waals surface area contributed by atoms with E-state index in [4.69, 9.17) is 23.2 Å². The van der Waals surface area contributed by atoms with Gasteiger partial charge in [0.25, 0.3) is 0 Å². The average Bonchev–Trinajstić information content (AvgIpc) is 2.29. The van der Waals surface area contributed by atoms with Crippen LogP contribution in [-0.4, -0.2) is 38.0 Å². The van der Waals surface area contributed by atoms with Crippen LogP contribution in [-0.2, 0) is 11.2 Å². The molecule has 0 aromatic heterocycles. The Labute approximate surface area is 118 Å². The van der Waals surface area contributed by atoms with Crippen molar-refractivity contribution in [3.8, 4) is 0 Å². The standard InChI is InChI=1S/C13H18Cl2N2O/c1-17(2)8-4-7-16-13(18)9-10-11(14)5-3-6-12(10)15/h3,5-6H,4,7-9H2,1-2H3,(H,16,18). The fourth-order valence-corrected chi connectivity index (χ4v) is 2.08. The monoisotopic (exact) mass is 288 g/mol. The molecule has 0 aliphatic heterocycles. The number of rotatable bonds is 6. The van der Waals surface area contributed by atoms with Gasteiger partial charge in [0.2, 0.25) is 5.91 Å². The van der Waals surface area contributed by atoms with Crippen molar-refractivity contribution in [2.24, 2.45) is 0 Å². The van der Waals surface area contributed by atoms with Crippen LogP contribution in [0.5, 0.6) is 0 Å². The van der Waals surface area contributed by atoms with Crippen molar-refractivity contribution in [3.63, 3.8) is 0 Å². The first kappa shape index (κ1) is 15.3. The van der Waals surface area contributed by atoms with Gasteiger partial charge in [-0.2, -0.15) is 0 Å². The molecule has 1 N–H and O–H groups in total. The van der Waals surface area contributed by atoms with Crippen molar-refractivity contribution < 1.29 is 4.79 Å². The molecule has 0 spiro atoms. The number of halogens is 2. The second-order valence-corrected chi connectivity index (χ2v) is 5.20. The fourth-order valence-electron chi connectivity index (χ4n) is 1.55. The predicted molar refractivity (Wildman–Crippen MR) is 76.3 cm³/mol. The number of nitrogens with zero attached hydrogens (tertiary/aromatic N) is 1. The molecule has 0 atom stereocenters. The van der Waals surface area contributed by atoms with Gasteiger partial charge in [0.05, 0.1) is 6.42 Å². The molecule has 1 aromatic carbocycles. The molecule has 0 fully saturated rings. The highest BCUT2D eigenvalue weighted by atomic mass is 35.5. The van der Waals surface area contributed by atoms with Crippen molar-refractivity contribution in [2.45, 2.75) is 12.8 Å². The summed E-state index contributed by atoms with van der Waals surface area (Å²) in [6, 6.07) is 5.24. The number of carbonyl (C=O) groups is 1. The third-order valence-electron chi connectivity index (χ3n) is 2.50. The number of benzene rings is 1. The zero-order valence-corrected chi connectivity index (χ0v) is 12.2. The molecule has 3 nitrogen and oxygen atoms in total. The Morgan fingerprint density at radius 1 is 1.28 bits per heavy atom. The molecule has 0 bridgehead atoms. The lowest BCUT2D eigenvalue weighted by Crippen LogP contribution is -2.28. The topological polar surface area (TPSA) is 32.3 Å². The van der Waals surface area contributed by atoms with Gasteiger partial charge in [-0.1, -0.05) is 29.3 Å². The van der Waals surface area contributed by atoms with Gasteiger partial charge in [-0.3, -0.25) is 4.79 Å². The molecule has 0 unspecified atom stereocenters. The Morgan fingerprint density at radius 2 is 1.89 bits per heavy atom. The van der Waals surface area contributed by atoms with Crippen LogP contribution in [0.25, 0.3) is 0 Å². The van der Waals surface area contributed by atoms with Crippen LogP contribution in [0.3, 0.4) is 0 Å². The molecular formula is C13H18Cl2N2O. The SMILES string of the molecule is CN(C)CCCNC(=O)Cc1c(Cl)cccc1Cl. The first-order valence-electron chi connectivity index (χ1n) is 5.85. The van der Waals surface area contributed by atoms with Crippen molar-refractivity contribution >= 4 is 29.1 Å². The van der Waals surface area contributed by atoms with Gasteiger partial charge in [0.15, 0.2) is 0 Å². The highest BCUT2D eigenvalue weighted by Gasteiger charge is 2.10. The normalized spacial score (nSPS) is 10.7. The third-order valence-corrected chi connectivity index (χ3v) is 3.21. The van der Waals surface area contributed by atoms with Crippen molar-refractivity contribution in [2.75, 3.05) is 27.2 Å². The van der Waals surface area contributed by atoms with E-state index in [1.165, 1.54) is 0 Å². The van der Waals surface area contributed by atoms with E-state index >= 15 is 0 Å². The van der Waals surface area contributed by atoms with E-state index < -0.39 is 0 Å². The number of nitrogens with one attached hydrogen (secondary N) is 1. The minimum Gasteiger partial charge on any atom is -0.356 e. The maximum Gasteiger partial charge on any atom is 0.224 e. The number of hydrogen-bond donors (Lipinski definition) is 1. The molecule has 1 rings (SSSR count). The Kier molecular flexibility index (Phi) is 6.47. The Bertz CT molecular complexity index is 388. The minimum atomic E-state index is -0.0521. The summed E-state index contributed by atoms with van der Waals surface area (Å²) in [6.45, 7) is 1.62. The van der Waals surface area contributed by atoms with E-state index in [1.807, 2.05) is 14.1 Å². The first-order valence-corrected chi connectivity index (χ1v) is 6.60. The summed E-state index contributed by atoms with van der Waals surface area (Å²) < 4.78 is 0. The molecule has 0 heterocycles. The summed E-state index contributed by atoms with van der Waals surface area (Å²) in [5.74, 6) is -0.0521. The quantitative estimate of drug-likeness (QED) is 0.816. The first-order chi connectivity index (χ1) is 8.50. The largest absolute Gasteiger partial charge is 0.356 e. The van der Waals surface area contributed by atoms with Crippen LogP contribution in [0.4, 0.5) is 0 Å². The zero-order valence-electron chi connectivity index (χ0n) is 10.7. The van der Waals surface area contributed by atoms with E-state index in [0.29, 0.717) is 22.2 Å². The zero-order chi connectivity index (χ0) is 13.5. The van der Waals surface area contributed by atoms with Gasteiger partial charge < -0.3 is 10.2 Å². The molecule has 100 valence electrons. The van der Waals surface area contributed by atoms with Crippen LogP contribution < -0.4 is 5.32 Å². The summed E-state index contributed by atoms with van der Waals surface area (Å²) in [5.41, 5.74) is 0.686. The summed E-state index contributed by atoms with van der Waals surface area (Å²) in [5, 5.41) is 3.92. The lowest BCUT2D eigenvalue weighted by Gasteiger charge is -2.10. The van der Waals surface area contributed by atoms with E-state index in [1.54, 1.807) is 18.2 Å². The summed E-state index contributed by atoms with van der Waals surface area (Å²) in [4.78, 5) is 13.8. The van der Waals surface area contributed by atoms with Crippen molar-refractivity contribution in [1.82, 2.24) is 10.2 Å². The fraction of sp³-hybridized carbons (Fsp3) is 0.462. The number of amides is 1. The Hall–Kier alpha value is -0.770. The van der Waals surface area contributed by atoms with Gasteiger partial charge in [-0.25, -0.2) is 0 Å². The highest BCUT2D eigenvalue weighted by molar-refractivity contribution is 6.36. The minimum absolute atomic E-state index is 0.0521. The second-order valence-electron chi connectivity index (χ2n) is 4.38. The Balaban J connectivity index is 2.40. The predicted octanol–water partition coefficient (Wildman–Crippen LogP) is 2.60. The average molecular weight is 289 g/mol. The van der Waals surface area contributed by atoms with Crippen molar-refractivity contribution in [1.29, 1.82) is 0 Å².